The molecule has 0 aliphatic carbocycles. The molecule has 2 nitrogen and oxygen atoms in total. The fraction of sp³-hybridized carbons (Fsp3) is 0.333. The normalized spacial score (nSPS) is 9.58. The first-order valence-electron chi connectivity index (χ1n) is 3.78. The maximum atomic E-state index is 5.33. The van der Waals surface area contributed by atoms with Crippen LogP contribution in [0.2, 0.25) is 0 Å². The maximum absolute atomic E-state index is 5.33. The molecule has 12 heavy (non-hydrogen) atoms. The van der Waals surface area contributed by atoms with Crippen LogP contribution in [0.5, 0.6) is 11.5 Å². The van der Waals surface area contributed by atoms with Crippen molar-refractivity contribution in [2.45, 2.75) is 11.8 Å². The minimum absolute atomic E-state index is 0.633. The number of para-hydroxylation sites is 1. The Kier molecular flexibility index (Phi) is 3.29. The van der Waals surface area contributed by atoms with Crippen LogP contribution in [-0.4, -0.2) is 13.7 Å². The van der Waals surface area contributed by atoms with Gasteiger partial charge in [0.25, 0.3) is 0 Å². The van der Waals surface area contributed by atoms with Crippen LogP contribution in [0.25, 0.3) is 0 Å². The number of hydrogen-bond donors (Lipinski definition) is 1. The Labute approximate surface area is 77.9 Å². The van der Waals surface area contributed by atoms with Gasteiger partial charge in [-0.3, -0.25) is 0 Å². The lowest BCUT2D eigenvalue weighted by molar-refractivity contribution is 0.307. The number of rotatable bonds is 3. The summed E-state index contributed by atoms with van der Waals surface area (Å²) in [4.78, 5) is 0.795. The zero-order valence-electron chi connectivity index (χ0n) is 7.20. The number of ether oxygens (including phenoxy) is 2. The summed E-state index contributed by atoms with van der Waals surface area (Å²) in [6.45, 7) is 2.57. The fourth-order valence-corrected chi connectivity index (χ4v) is 1.27. The van der Waals surface area contributed by atoms with Gasteiger partial charge in [0, 0.05) is 0 Å². The van der Waals surface area contributed by atoms with Crippen LogP contribution in [0.4, 0.5) is 0 Å². The minimum Gasteiger partial charge on any atom is -0.492 e. The Hall–Kier alpha value is -0.830. The molecular weight excluding hydrogens is 172 g/mol. The van der Waals surface area contributed by atoms with E-state index in [1.165, 1.54) is 0 Å². The van der Waals surface area contributed by atoms with Gasteiger partial charge in [-0.15, -0.1) is 12.6 Å². The highest BCUT2D eigenvalue weighted by Crippen LogP contribution is 2.32. The molecule has 0 amide bonds. The average Bonchev–Trinajstić information content (AvgIpc) is 2.05. The van der Waals surface area contributed by atoms with Crippen molar-refractivity contribution in [1.29, 1.82) is 0 Å². The summed E-state index contributed by atoms with van der Waals surface area (Å²) in [5, 5.41) is 0. The largest absolute Gasteiger partial charge is 0.492 e. The smallest absolute Gasteiger partial charge is 0.174 e. The second-order valence-corrected chi connectivity index (χ2v) is 2.72. The number of methoxy groups -OCH3 is 1. The molecule has 0 unspecified atom stereocenters. The van der Waals surface area contributed by atoms with Gasteiger partial charge in [0.15, 0.2) is 11.5 Å². The van der Waals surface area contributed by atoms with Crippen molar-refractivity contribution in [3.05, 3.63) is 18.2 Å². The molecule has 1 aromatic rings. The van der Waals surface area contributed by atoms with Crippen molar-refractivity contribution < 1.29 is 9.47 Å². The number of benzene rings is 1. The Morgan fingerprint density at radius 1 is 1.42 bits per heavy atom. The summed E-state index contributed by atoms with van der Waals surface area (Å²) in [6.07, 6.45) is 0. The van der Waals surface area contributed by atoms with E-state index < -0.39 is 0 Å². The zero-order valence-corrected chi connectivity index (χ0v) is 8.10. The molecule has 0 aliphatic heterocycles. The van der Waals surface area contributed by atoms with E-state index in [1.54, 1.807) is 7.11 Å². The zero-order chi connectivity index (χ0) is 8.97. The molecule has 0 radical (unpaired) electrons. The van der Waals surface area contributed by atoms with E-state index in [0.29, 0.717) is 12.4 Å². The molecule has 0 aliphatic rings. The van der Waals surface area contributed by atoms with Gasteiger partial charge in [0.2, 0.25) is 0 Å². The Bertz CT molecular complexity index is 261. The van der Waals surface area contributed by atoms with Crippen LogP contribution in [0.15, 0.2) is 23.1 Å². The van der Waals surface area contributed by atoms with Crippen LogP contribution in [0.1, 0.15) is 6.92 Å². The van der Waals surface area contributed by atoms with Crippen molar-refractivity contribution in [3.63, 3.8) is 0 Å². The van der Waals surface area contributed by atoms with E-state index in [0.717, 1.165) is 10.6 Å². The molecule has 0 fully saturated rings. The Balaban J connectivity index is 3.00. The lowest BCUT2D eigenvalue weighted by atomic mass is 10.3. The van der Waals surface area contributed by atoms with Crippen LogP contribution < -0.4 is 9.47 Å². The van der Waals surface area contributed by atoms with Crippen molar-refractivity contribution in [2.75, 3.05) is 13.7 Å². The third-order valence-corrected chi connectivity index (χ3v) is 1.81. The molecule has 0 N–H and O–H groups in total. The fourth-order valence-electron chi connectivity index (χ4n) is 0.979. The highest BCUT2D eigenvalue weighted by Gasteiger charge is 2.05. The predicted molar refractivity (Wildman–Crippen MR) is 51.4 cm³/mol. The van der Waals surface area contributed by atoms with Crippen LogP contribution in [0, 0.1) is 0 Å². The molecule has 0 bridgehead atoms. The van der Waals surface area contributed by atoms with Crippen LogP contribution in [0.3, 0.4) is 0 Å². The second-order valence-electron chi connectivity index (χ2n) is 2.24. The van der Waals surface area contributed by atoms with Crippen molar-refractivity contribution in [2.24, 2.45) is 0 Å². The lowest BCUT2D eigenvalue weighted by Gasteiger charge is -2.09. The van der Waals surface area contributed by atoms with E-state index in [-0.39, 0.29) is 0 Å². The van der Waals surface area contributed by atoms with Gasteiger partial charge in [-0.05, 0) is 19.1 Å². The highest BCUT2D eigenvalue weighted by atomic mass is 32.1. The lowest BCUT2D eigenvalue weighted by Crippen LogP contribution is -1.95. The van der Waals surface area contributed by atoms with E-state index in [9.17, 15) is 0 Å². The summed E-state index contributed by atoms with van der Waals surface area (Å²) in [5.41, 5.74) is 0. The van der Waals surface area contributed by atoms with Gasteiger partial charge in [-0.2, -0.15) is 0 Å². The van der Waals surface area contributed by atoms with Gasteiger partial charge >= 0.3 is 0 Å². The molecule has 0 heterocycles. The summed E-state index contributed by atoms with van der Waals surface area (Å²) in [6, 6.07) is 5.61. The summed E-state index contributed by atoms with van der Waals surface area (Å²) >= 11 is 4.24. The monoisotopic (exact) mass is 184 g/mol. The number of hydrogen-bond acceptors (Lipinski definition) is 3. The van der Waals surface area contributed by atoms with Gasteiger partial charge < -0.3 is 9.47 Å². The number of thiol groups is 1. The molecule has 0 saturated heterocycles. The molecule has 0 atom stereocenters. The summed E-state index contributed by atoms with van der Waals surface area (Å²) in [7, 11) is 1.61. The third-order valence-electron chi connectivity index (χ3n) is 1.46. The molecule has 0 saturated carbocycles. The quantitative estimate of drug-likeness (QED) is 0.727. The van der Waals surface area contributed by atoms with Crippen LogP contribution in [-0.2, 0) is 0 Å². The van der Waals surface area contributed by atoms with Gasteiger partial charge in [-0.25, -0.2) is 0 Å². The first-order chi connectivity index (χ1) is 5.79. The SMILES string of the molecule is CCOc1cccc(S)c1OC. The van der Waals surface area contributed by atoms with E-state index >= 15 is 0 Å². The Morgan fingerprint density at radius 2 is 2.17 bits per heavy atom. The van der Waals surface area contributed by atoms with Crippen molar-refractivity contribution >= 4 is 12.6 Å². The summed E-state index contributed by atoms with van der Waals surface area (Å²) < 4.78 is 10.5. The minimum atomic E-state index is 0.633. The topological polar surface area (TPSA) is 18.5 Å². The summed E-state index contributed by atoms with van der Waals surface area (Å²) in [5.74, 6) is 1.44. The molecular formula is C9H12O2S. The van der Waals surface area contributed by atoms with E-state index in [2.05, 4.69) is 12.6 Å². The molecule has 1 aromatic carbocycles. The van der Waals surface area contributed by atoms with Crippen molar-refractivity contribution in [3.8, 4) is 11.5 Å². The molecule has 66 valence electrons. The first-order valence-corrected chi connectivity index (χ1v) is 4.23. The molecule has 0 aromatic heterocycles. The van der Waals surface area contributed by atoms with Gasteiger partial charge in [0.1, 0.15) is 0 Å². The third kappa shape index (κ3) is 1.85. The van der Waals surface area contributed by atoms with E-state index in [4.69, 9.17) is 9.47 Å². The van der Waals surface area contributed by atoms with Crippen LogP contribution >= 0.6 is 12.6 Å². The highest BCUT2D eigenvalue weighted by molar-refractivity contribution is 7.80. The molecule has 0 spiro atoms. The second kappa shape index (κ2) is 4.26. The van der Waals surface area contributed by atoms with Gasteiger partial charge in [-0.1, -0.05) is 6.07 Å². The first kappa shape index (κ1) is 9.26. The van der Waals surface area contributed by atoms with Crippen molar-refractivity contribution in [1.82, 2.24) is 0 Å². The average molecular weight is 184 g/mol. The van der Waals surface area contributed by atoms with Gasteiger partial charge in [0.05, 0.1) is 18.6 Å². The molecule has 1 rings (SSSR count). The maximum Gasteiger partial charge on any atom is 0.174 e. The molecule has 3 heteroatoms. The Morgan fingerprint density at radius 3 is 2.75 bits per heavy atom. The standard InChI is InChI=1S/C9H12O2S/c1-3-11-7-5-4-6-8(12)9(7)10-2/h4-6,12H,3H2,1-2H3. The predicted octanol–water partition coefficient (Wildman–Crippen LogP) is 2.38. The van der Waals surface area contributed by atoms with E-state index in [1.807, 2.05) is 25.1 Å².